The van der Waals surface area contributed by atoms with Gasteiger partial charge in [-0.2, -0.15) is 0 Å². The molecule has 1 atom stereocenters. The van der Waals surface area contributed by atoms with Crippen LogP contribution in [0.25, 0.3) is 0 Å². The predicted octanol–water partition coefficient (Wildman–Crippen LogP) is 5.15. The first-order valence-electron chi connectivity index (χ1n) is 7.59. The third kappa shape index (κ3) is 5.10. The number of hydrogen-bond donors (Lipinski definition) is 1. The fraction of sp³-hybridized carbons (Fsp3) is 0.316. The Hall–Kier alpha value is -1.81. The molecule has 0 aliphatic heterocycles. The van der Waals surface area contributed by atoms with E-state index >= 15 is 0 Å². The average molecular weight is 376 g/mol. The maximum absolute atomic E-state index is 12.2. The summed E-state index contributed by atoms with van der Waals surface area (Å²) in [6, 6.07) is 15.3. The molecule has 2 aromatic rings. The van der Waals surface area contributed by atoms with Gasteiger partial charge in [0.05, 0.1) is 0 Å². The second-order valence-electron chi connectivity index (χ2n) is 6.53. The standard InChI is InChI=1S/C19H22BrNO2/c1-13(23-17-11-7-15(20)8-12-17)18(22)21-16-9-5-14(6-10-16)19(2,3)4/h5-13H,1-4H3,(H,21,22)/t13-/m1/s1. The quantitative estimate of drug-likeness (QED) is 0.801. The van der Waals surface area contributed by atoms with E-state index in [0.717, 1.165) is 10.2 Å². The Morgan fingerprint density at radius 3 is 2.13 bits per heavy atom. The van der Waals surface area contributed by atoms with E-state index in [2.05, 4.69) is 42.0 Å². The van der Waals surface area contributed by atoms with Crippen molar-refractivity contribution in [3.05, 3.63) is 58.6 Å². The fourth-order valence-electron chi connectivity index (χ4n) is 2.07. The summed E-state index contributed by atoms with van der Waals surface area (Å²) in [6.45, 7) is 8.22. The van der Waals surface area contributed by atoms with Crippen LogP contribution in [-0.2, 0) is 10.2 Å². The lowest BCUT2D eigenvalue weighted by molar-refractivity contribution is -0.122. The van der Waals surface area contributed by atoms with Gasteiger partial charge >= 0.3 is 0 Å². The first kappa shape index (κ1) is 17.5. The minimum Gasteiger partial charge on any atom is -0.481 e. The normalized spacial score (nSPS) is 12.6. The van der Waals surface area contributed by atoms with Gasteiger partial charge in [0.15, 0.2) is 6.10 Å². The molecule has 0 unspecified atom stereocenters. The summed E-state index contributed by atoms with van der Waals surface area (Å²) in [5.41, 5.74) is 2.10. The SMILES string of the molecule is C[C@@H](Oc1ccc(Br)cc1)C(=O)Nc1ccc(C(C)(C)C)cc1. The number of carbonyl (C=O) groups excluding carboxylic acids is 1. The molecule has 122 valence electrons. The summed E-state index contributed by atoms with van der Waals surface area (Å²) < 4.78 is 6.62. The van der Waals surface area contributed by atoms with Crippen LogP contribution in [0.5, 0.6) is 5.75 Å². The van der Waals surface area contributed by atoms with Crippen LogP contribution < -0.4 is 10.1 Å². The first-order chi connectivity index (χ1) is 10.8. The lowest BCUT2D eigenvalue weighted by Crippen LogP contribution is -2.30. The van der Waals surface area contributed by atoms with Gasteiger partial charge in [-0.25, -0.2) is 0 Å². The van der Waals surface area contributed by atoms with Gasteiger partial charge in [-0.3, -0.25) is 4.79 Å². The molecule has 0 heterocycles. The molecular weight excluding hydrogens is 354 g/mol. The fourth-order valence-corrected chi connectivity index (χ4v) is 2.33. The highest BCUT2D eigenvalue weighted by Gasteiger charge is 2.16. The predicted molar refractivity (Wildman–Crippen MR) is 98.0 cm³/mol. The van der Waals surface area contributed by atoms with E-state index in [1.54, 1.807) is 6.92 Å². The summed E-state index contributed by atoms with van der Waals surface area (Å²) in [6.07, 6.45) is -0.571. The van der Waals surface area contributed by atoms with Crippen LogP contribution in [-0.4, -0.2) is 12.0 Å². The molecule has 0 saturated heterocycles. The molecular formula is C19H22BrNO2. The zero-order valence-corrected chi connectivity index (χ0v) is 15.5. The number of anilines is 1. The number of amides is 1. The van der Waals surface area contributed by atoms with Crippen LogP contribution >= 0.6 is 15.9 Å². The third-order valence-electron chi connectivity index (χ3n) is 3.51. The van der Waals surface area contributed by atoms with Gasteiger partial charge < -0.3 is 10.1 Å². The van der Waals surface area contributed by atoms with Crippen molar-refractivity contribution in [3.63, 3.8) is 0 Å². The molecule has 23 heavy (non-hydrogen) atoms. The van der Waals surface area contributed by atoms with Crippen molar-refractivity contribution in [2.45, 2.75) is 39.2 Å². The Kier molecular flexibility index (Phi) is 5.47. The zero-order chi connectivity index (χ0) is 17.0. The van der Waals surface area contributed by atoms with Crippen LogP contribution in [0.2, 0.25) is 0 Å². The number of carbonyl (C=O) groups is 1. The number of hydrogen-bond acceptors (Lipinski definition) is 2. The van der Waals surface area contributed by atoms with Gasteiger partial charge in [-0.1, -0.05) is 48.8 Å². The topological polar surface area (TPSA) is 38.3 Å². The number of halogens is 1. The summed E-state index contributed by atoms with van der Waals surface area (Å²) in [5, 5.41) is 2.88. The molecule has 0 fully saturated rings. The number of rotatable bonds is 4. The minimum atomic E-state index is -0.571. The molecule has 0 aliphatic rings. The monoisotopic (exact) mass is 375 g/mol. The van der Waals surface area contributed by atoms with E-state index in [1.165, 1.54) is 5.56 Å². The van der Waals surface area contributed by atoms with E-state index in [1.807, 2.05) is 48.5 Å². The van der Waals surface area contributed by atoms with E-state index in [-0.39, 0.29) is 11.3 Å². The van der Waals surface area contributed by atoms with Crippen LogP contribution in [0.1, 0.15) is 33.3 Å². The smallest absolute Gasteiger partial charge is 0.265 e. The van der Waals surface area contributed by atoms with Crippen LogP contribution in [0.3, 0.4) is 0 Å². The molecule has 4 heteroatoms. The molecule has 2 aromatic carbocycles. The number of nitrogens with one attached hydrogen (secondary N) is 1. The lowest BCUT2D eigenvalue weighted by Gasteiger charge is -2.19. The number of benzene rings is 2. The van der Waals surface area contributed by atoms with E-state index in [9.17, 15) is 4.79 Å². The number of ether oxygens (including phenoxy) is 1. The summed E-state index contributed by atoms with van der Waals surface area (Å²) >= 11 is 3.37. The highest BCUT2D eigenvalue weighted by molar-refractivity contribution is 9.10. The maximum atomic E-state index is 12.2. The molecule has 3 nitrogen and oxygen atoms in total. The summed E-state index contributed by atoms with van der Waals surface area (Å²) in [5.74, 6) is 0.496. The molecule has 0 aliphatic carbocycles. The van der Waals surface area contributed by atoms with Gasteiger partial charge in [0.25, 0.3) is 5.91 Å². The van der Waals surface area contributed by atoms with Gasteiger partial charge in [-0.15, -0.1) is 0 Å². The maximum Gasteiger partial charge on any atom is 0.265 e. The van der Waals surface area contributed by atoms with Crippen molar-refractivity contribution in [3.8, 4) is 5.75 Å². The van der Waals surface area contributed by atoms with Gasteiger partial charge in [0.1, 0.15) is 5.75 Å². The Labute approximate surface area is 146 Å². The first-order valence-corrected chi connectivity index (χ1v) is 8.38. The summed E-state index contributed by atoms with van der Waals surface area (Å²) in [4.78, 5) is 12.2. The van der Waals surface area contributed by atoms with Gasteiger partial charge in [-0.05, 0) is 54.3 Å². The van der Waals surface area contributed by atoms with Crippen molar-refractivity contribution >= 4 is 27.5 Å². The van der Waals surface area contributed by atoms with E-state index in [0.29, 0.717) is 5.75 Å². The Morgan fingerprint density at radius 2 is 1.61 bits per heavy atom. The van der Waals surface area contributed by atoms with Gasteiger partial charge in [0, 0.05) is 10.2 Å². The molecule has 1 amide bonds. The minimum absolute atomic E-state index is 0.0977. The lowest BCUT2D eigenvalue weighted by atomic mass is 9.87. The molecule has 0 aromatic heterocycles. The molecule has 2 rings (SSSR count). The van der Waals surface area contributed by atoms with Crippen LogP contribution in [0.4, 0.5) is 5.69 Å². The van der Waals surface area contributed by atoms with Crippen molar-refractivity contribution in [2.24, 2.45) is 0 Å². The highest BCUT2D eigenvalue weighted by atomic mass is 79.9. The zero-order valence-electron chi connectivity index (χ0n) is 13.9. The molecule has 1 N–H and O–H groups in total. The van der Waals surface area contributed by atoms with E-state index < -0.39 is 6.10 Å². The van der Waals surface area contributed by atoms with Crippen LogP contribution in [0.15, 0.2) is 53.0 Å². The van der Waals surface area contributed by atoms with Crippen molar-refractivity contribution in [1.82, 2.24) is 0 Å². The molecule has 0 bridgehead atoms. The van der Waals surface area contributed by atoms with Gasteiger partial charge in [0.2, 0.25) is 0 Å². The molecule has 0 saturated carbocycles. The van der Waals surface area contributed by atoms with Crippen molar-refractivity contribution in [1.29, 1.82) is 0 Å². The van der Waals surface area contributed by atoms with Crippen molar-refractivity contribution < 1.29 is 9.53 Å². The van der Waals surface area contributed by atoms with E-state index in [4.69, 9.17) is 4.74 Å². The second kappa shape index (κ2) is 7.18. The Bertz CT molecular complexity index is 657. The third-order valence-corrected chi connectivity index (χ3v) is 4.04. The van der Waals surface area contributed by atoms with Crippen LogP contribution in [0, 0.1) is 0 Å². The average Bonchev–Trinajstić information content (AvgIpc) is 2.49. The molecule has 0 spiro atoms. The Morgan fingerprint density at radius 1 is 1.04 bits per heavy atom. The second-order valence-corrected chi connectivity index (χ2v) is 7.45. The Balaban J connectivity index is 1.96. The molecule has 0 radical (unpaired) electrons. The highest BCUT2D eigenvalue weighted by Crippen LogP contribution is 2.23. The summed E-state index contributed by atoms with van der Waals surface area (Å²) in [7, 11) is 0. The largest absolute Gasteiger partial charge is 0.481 e. The van der Waals surface area contributed by atoms with Crippen molar-refractivity contribution in [2.75, 3.05) is 5.32 Å².